The fraction of sp³-hybridized carbons (Fsp3) is 0.846. The van der Waals surface area contributed by atoms with Gasteiger partial charge in [-0.1, -0.05) is 26.8 Å². The molecule has 2 heteroatoms. The van der Waals surface area contributed by atoms with Gasteiger partial charge in [-0.15, -0.1) is 6.58 Å². The van der Waals surface area contributed by atoms with Crippen LogP contribution in [-0.2, 0) is 0 Å². The van der Waals surface area contributed by atoms with Gasteiger partial charge in [0.1, 0.15) is 0 Å². The fourth-order valence-electron chi connectivity index (χ4n) is 2.18. The van der Waals surface area contributed by atoms with Crippen molar-refractivity contribution in [3.05, 3.63) is 12.7 Å². The van der Waals surface area contributed by atoms with Crippen LogP contribution in [0.15, 0.2) is 12.7 Å². The Morgan fingerprint density at radius 1 is 1.47 bits per heavy atom. The van der Waals surface area contributed by atoms with Crippen molar-refractivity contribution in [2.24, 2.45) is 11.3 Å². The van der Waals surface area contributed by atoms with Crippen LogP contribution in [0.1, 0.15) is 27.2 Å². The van der Waals surface area contributed by atoms with Crippen LogP contribution in [-0.4, -0.2) is 37.6 Å². The maximum Gasteiger partial charge on any atom is 0.0132 e. The Labute approximate surface area is 94.7 Å². The Kier molecular flexibility index (Phi) is 4.81. The van der Waals surface area contributed by atoms with E-state index in [1.165, 1.54) is 26.1 Å². The standard InChI is InChI=1S/C13H26N2/c1-5-7-14-8-10-15-9-6-12(11-15)13(2,3)4/h5,12,14H,1,6-11H2,2-4H3. The van der Waals surface area contributed by atoms with Gasteiger partial charge in [0.15, 0.2) is 0 Å². The molecule has 2 nitrogen and oxygen atoms in total. The maximum atomic E-state index is 3.70. The summed E-state index contributed by atoms with van der Waals surface area (Å²) in [5, 5.41) is 3.36. The number of nitrogens with one attached hydrogen (secondary N) is 1. The first kappa shape index (κ1) is 12.7. The van der Waals surface area contributed by atoms with Crippen LogP contribution in [0, 0.1) is 11.3 Å². The van der Waals surface area contributed by atoms with Crippen LogP contribution < -0.4 is 5.32 Å². The van der Waals surface area contributed by atoms with Gasteiger partial charge in [-0.25, -0.2) is 0 Å². The summed E-state index contributed by atoms with van der Waals surface area (Å²) in [7, 11) is 0. The monoisotopic (exact) mass is 210 g/mol. The molecule has 0 aliphatic carbocycles. The lowest BCUT2D eigenvalue weighted by Gasteiger charge is -2.27. The van der Waals surface area contributed by atoms with E-state index in [0.717, 1.165) is 19.0 Å². The molecule has 0 aromatic rings. The molecule has 0 radical (unpaired) electrons. The molecule has 1 N–H and O–H groups in total. The third-order valence-electron chi connectivity index (χ3n) is 3.39. The highest BCUT2D eigenvalue weighted by atomic mass is 15.2. The first-order valence-electron chi connectivity index (χ1n) is 6.08. The highest BCUT2D eigenvalue weighted by molar-refractivity contribution is 4.84. The van der Waals surface area contributed by atoms with Crippen molar-refractivity contribution in [3.8, 4) is 0 Å². The average molecular weight is 210 g/mol. The van der Waals surface area contributed by atoms with E-state index < -0.39 is 0 Å². The quantitative estimate of drug-likeness (QED) is 0.552. The number of likely N-dealkylation sites (tertiary alicyclic amines) is 1. The Morgan fingerprint density at radius 3 is 2.73 bits per heavy atom. The van der Waals surface area contributed by atoms with Crippen molar-refractivity contribution < 1.29 is 0 Å². The summed E-state index contributed by atoms with van der Waals surface area (Å²) in [5.41, 5.74) is 0.475. The van der Waals surface area contributed by atoms with Gasteiger partial charge in [0.25, 0.3) is 0 Å². The topological polar surface area (TPSA) is 15.3 Å². The summed E-state index contributed by atoms with van der Waals surface area (Å²) in [6.07, 6.45) is 3.28. The molecule has 1 fully saturated rings. The Hall–Kier alpha value is -0.340. The maximum absolute atomic E-state index is 3.70. The van der Waals surface area contributed by atoms with E-state index in [1.54, 1.807) is 0 Å². The molecule has 0 bridgehead atoms. The van der Waals surface area contributed by atoms with Crippen molar-refractivity contribution in [2.75, 3.05) is 32.7 Å². The largest absolute Gasteiger partial charge is 0.312 e. The molecule has 1 aliphatic heterocycles. The molecule has 1 heterocycles. The first-order valence-corrected chi connectivity index (χ1v) is 6.08. The first-order chi connectivity index (χ1) is 7.04. The van der Waals surface area contributed by atoms with Gasteiger partial charge in [-0.3, -0.25) is 0 Å². The van der Waals surface area contributed by atoms with Crippen LogP contribution in [0.5, 0.6) is 0 Å². The minimum Gasteiger partial charge on any atom is -0.312 e. The molecular formula is C13H26N2. The van der Waals surface area contributed by atoms with Gasteiger partial charge in [-0.05, 0) is 24.3 Å². The molecule has 0 aromatic carbocycles. The normalized spacial score (nSPS) is 23.3. The van der Waals surface area contributed by atoms with E-state index in [9.17, 15) is 0 Å². The second-order valence-electron chi connectivity index (χ2n) is 5.65. The number of hydrogen-bond acceptors (Lipinski definition) is 2. The molecule has 1 rings (SSSR count). The van der Waals surface area contributed by atoms with Gasteiger partial charge in [0.05, 0.1) is 0 Å². The molecule has 15 heavy (non-hydrogen) atoms. The van der Waals surface area contributed by atoms with Crippen LogP contribution in [0.25, 0.3) is 0 Å². The SMILES string of the molecule is C=CCNCCN1CCC(C(C)(C)C)C1. The Morgan fingerprint density at radius 2 is 2.20 bits per heavy atom. The number of rotatable bonds is 5. The molecule has 1 atom stereocenters. The second kappa shape index (κ2) is 5.66. The van der Waals surface area contributed by atoms with E-state index in [4.69, 9.17) is 0 Å². The van der Waals surface area contributed by atoms with Crippen molar-refractivity contribution in [1.82, 2.24) is 10.2 Å². The third kappa shape index (κ3) is 4.35. The molecule has 88 valence electrons. The van der Waals surface area contributed by atoms with Crippen molar-refractivity contribution >= 4 is 0 Å². The summed E-state index contributed by atoms with van der Waals surface area (Å²) < 4.78 is 0. The van der Waals surface area contributed by atoms with Gasteiger partial charge in [0, 0.05) is 26.2 Å². The zero-order valence-electron chi connectivity index (χ0n) is 10.6. The summed E-state index contributed by atoms with van der Waals surface area (Å²) in [5.74, 6) is 0.872. The van der Waals surface area contributed by atoms with E-state index in [0.29, 0.717) is 5.41 Å². The molecule has 1 unspecified atom stereocenters. The van der Waals surface area contributed by atoms with Gasteiger partial charge in [0.2, 0.25) is 0 Å². The van der Waals surface area contributed by atoms with E-state index in [1.807, 2.05) is 6.08 Å². The van der Waals surface area contributed by atoms with E-state index >= 15 is 0 Å². The van der Waals surface area contributed by atoms with Crippen LogP contribution in [0.3, 0.4) is 0 Å². The van der Waals surface area contributed by atoms with Crippen LogP contribution >= 0.6 is 0 Å². The summed E-state index contributed by atoms with van der Waals surface area (Å²) >= 11 is 0. The molecule has 0 saturated carbocycles. The van der Waals surface area contributed by atoms with E-state index in [-0.39, 0.29) is 0 Å². The fourth-order valence-corrected chi connectivity index (χ4v) is 2.18. The predicted octanol–water partition coefficient (Wildman–Crippen LogP) is 2.13. The lowest BCUT2D eigenvalue weighted by atomic mass is 9.80. The predicted molar refractivity (Wildman–Crippen MR) is 67.1 cm³/mol. The minimum absolute atomic E-state index is 0.475. The summed E-state index contributed by atoms with van der Waals surface area (Å²) in [4.78, 5) is 2.58. The lowest BCUT2D eigenvalue weighted by Crippen LogP contribution is -2.32. The molecule has 1 aliphatic rings. The minimum atomic E-state index is 0.475. The summed E-state index contributed by atoms with van der Waals surface area (Å²) in [6, 6.07) is 0. The summed E-state index contributed by atoms with van der Waals surface area (Å²) in [6.45, 7) is 16.5. The van der Waals surface area contributed by atoms with Crippen LogP contribution in [0.2, 0.25) is 0 Å². The highest BCUT2D eigenvalue weighted by Gasteiger charge is 2.31. The van der Waals surface area contributed by atoms with Crippen molar-refractivity contribution in [2.45, 2.75) is 27.2 Å². The van der Waals surface area contributed by atoms with Gasteiger partial charge >= 0.3 is 0 Å². The zero-order chi connectivity index (χ0) is 11.3. The molecular weight excluding hydrogens is 184 g/mol. The second-order valence-corrected chi connectivity index (χ2v) is 5.65. The molecule has 0 amide bonds. The highest BCUT2D eigenvalue weighted by Crippen LogP contribution is 2.33. The van der Waals surface area contributed by atoms with Gasteiger partial charge < -0.3 is 10.2 Å². The number of nitrogens with zero attached hydrogens (tertiary/aromatic N) is 1. The van der Waals surface area contributed by atoms with Crippen molar-refractivity contribution in [3.63, 3.8) is 0 Å². The average Bonchev–Trinajstić information content (AvgIpc) is 2.60. The van der Waals surface area contributed by atoms with Crippen LogP contribution in [0.4, 0.5) is 0 Å². The lowest BCUT2D eigenvalue weighted by molar-refractivity contribution is 0.229. The Balaban J connectivity index is 2.16. The van der Waals surface area contributed by atoms with E-state index in [2.05, 4.69) is 37.6 Å². The molecule has 0 spiro atoms. The van der Waals surface area contributed by atoms with Gasteiger partial charge in [-0.2, -0.15) is 0 Å². The van der Waals surface area contributed by atoms with Crippen molar-refractivity contribution in [1.29, 1.82) is 0 Å². The molecule has 0 aromatic heterocycles. The smallest absolute Gasteiger partial charge is 0.0132 e. The zero-order valence-corrected chi connectivity index (χ0v) is 10.6. The number of hydrogen-bond donors (Lipinski definition) is 1. The Bertz CT molecular complexity index is 193. The third-order valence-corrected chi connectivity index (χ3v) is 3.39. The molecule has 1 saturated heterocycles.